The zero-order valence-corrected chi connectivity index (χ0v) is 7.63. The Bertz CT molecular complexity index is 173. The van der Waals surface area contributed by atoms with Crippen molar-refractivity contribution in [1.29, 1.82) is 0 Å². The van der Waals surface area contributed by atoms with Gasteiger partial charge in [0.2, 0.25) is 0 Å². The van der Waals surface area contributed by atoms with E-state index < -0.39 is 6.09 Å². The Hall–Kier alpha value is -1.26. The van der Waals surface area contributed by atoms with Crippen LogP contribution in [0.3, 0.4) is 0 Å². The van der Waals surface area contributed by atoms with Crippen LogP contribution in [0.25, 0.3) is 0 Å². The van der Waals surface area contributed by atoms with Crippen molar-refractivity contribution in [2.45, 2.75) is 26.9 Å². The van der Waals surface area contributed by atoms with E-state index in [9.17, 15) is 4.79 Å². The summed E-state index contributed by atoms with van der Waals surface area (Å²) in [6, 6.07) is 0. The summed E-state index contributed by atoms with van der Waals surface area (Å²) in [5.41, 5.74) is 5.24. The number of alkyl carbamates (subject to hydrolysis) is 1. The molecule has 0 radical (unpaired) electrons. The molecule has 0 fully saturated rings. The first-order valence-corrected chi connectivity index (χ1v) is 3.73. The second kappa shape index (κ2) is 5.40. The molecule has 0 aliphatic rings. The zero-order chi connectivity index (χ0) is 9.56. The molecule has 0 aliphatic carbocycles. The van der Waals surface area contributed by atoms with Crippen molar-refractivity contribution < 1.29 is 9.53 Å². The van der Waals surface area contributed by atoms with Crippen molar-refractivity contribution in [3.8, 4) is 0 Å². The van der Waals surface area contributed by atoms with E-state index in [4.69, 9.17) is 10.5 Å². The molecule has 0 saturated heterocycles. The average Bonchev–Trinajstić information content (AvgIpc) is 1.84. The van der Waals surface area contributed by atoms with Gasteiger partial charge in [-0.05, 0) is 20.8 Å². The second-order valence-corrected chi connectivity index (χ2v) is 2.59. The molecular formula is C7H15N3O2. The number of hydrogen-bond donors (Lipinski definition) is 2. The van der Waals surface area contributed by atoms with Crippen LogP contribution in [0.4, 0.5) is 4.79 Å². The summed E-state index contributed by atoms with van der Waals surface area (Å²) in [6.07, 6.45) is -0.594. The molecule has 5 heteroatoms. The summed E-state index contributed by atoms with van der Waals surface area (Å²) in [5.74, 6) is 0.430. The Morgan fingerprint density at radius 3 is 2.67 bits per heavy atom. The van der Waals surface area contributed by atoms with E-state index in [2.05, 4.69) is 10.3 Å². The third kappa shape index (κ3) is 6.85. The smallest absolute Gasteiger partial charge is 0.408 e. The number of ether oxygens (including phenoxy) is 1. The van der Waals surface area contributed by atoms with Gasteiger partial charge < -0.3 is 15.8 Å². The van der Waals surface area contributed by atoms with E-state index in [0.717, 1.165) is 0 Å². The van der Waals surface area contributed by atoms with E-state index in [0.29, 0.717) is 5.84 Å². The lowest BCUT2D eigenvalue weighted by molar-refractivity contribution is 0.116. The minimum Gasteiger partial charge on any atom is -0.447 e. The van der Waals surface area contributed by atoms with Crippen molar-refractivity contribution in [3.05, 3.63) is 0 Å². The van der Waals surface area contributed by atoms with Gasteiger partial charge in [0.1, 0.15) is 6.67 Å². The maximum absolute atomic E-state index is 10.8. The molecule has 0 atom stereocenters. The first-order valence-electron chi connectivity index (χ1n) is 3.73. The van der Waals surface area contributed by atoms with Gasteiger partial charge in [-0.25, -0.2) is 4.79 Å². The summed E-state index contributed by atoms with van der Waals surface area (Å²) in [5, 5.41) is 2.42. The van der Waals surface area contributed by atoms with Crippen molar-refractivity contribution in [2.75, 3.05) is 6.67 Å². The van der Waals surface area contributed by atoms with Crippen LogP contribution in [0, 0.1) is 0 Å². The van der Waals surface area contributed by atoms with Gasteiger partial charge in [0.25, 0.3) is 0 Å². The van der Waals surface area contributed by atoms with Crippen LogP contribution in [0.2, 0.25) is 0 Å². The molecule has 0 aromatic carbocycles. The molecule has 0 bridgehead atoms. The number of nitrogens with zero attached hydrogens (tertiary/aromatic N) is 1. The van der Waals surface area contributed by atoms with Gasteiger partial charge in [0, 0.05) is 0 Å². The maximum atomic E-state index is 10.8. The Balaban J connectivity index is 3.51. The second-order valence-electron chi connectivity index (χ2n) is 2.59. The minimum absolute atomic E-state index is 0.118. The normalized spacial score (nSPS) is 11.5. The molecule has 5 nitrogen and oxygen atoms in total. The van der Waals surface area contributed by atoms with Crippen LogP contribution < -0.4 is 11.1 Å². The van der Waals surface area contributed by atoms with E-state index >= 15 is 0 Å². The molecule has 1 amide bonds. The van der Waals surface area contributed by atoms with E-state index in [1.165, 1.54) is 0 Å². The zero-order valence-electron chi connectivity index (χ0n) is 7.63. The van der Waals surface area contributed by atoms with Crippen LogP contribution >= 0.6 is 0 Å². The number of hydrogen-bond acceptors (Lipinski definition) is 3. The highest BCUT2D eigenvalue weighted by molar-refractivity contribution is 5.77. The third-order valence-corrected chi connectivity index (χ3v) is 0.895. The lowest BCUT2D eigenvalue weighted by Gasteiger charge is -2.07. The van der Waals surface area contributed by atoms with Gasteiger partial charge in [-0.2, -0.15) is 0 Å². The predicted molar refractivity (Wildman–Crippen MR) is 46.9 cm³/mol. The first kappa shape index (κ1) is 10.7. The predicted octanol–water partition coefficient (Wildman–Crippen LogP) is 0.456. The van der Waals surface area contributed by atoms with Crippen LogP contribution in [0.5, 0.6) is 0 Å². The quantitative estimate of drug-likeness (QED) is 0.480. The topological polar surface area (TPSA) is 76.7 Å². The molecule has 0 rings (SSSR count). The summed E-state index contributed by atoms with van der Waals surface area (Å²) in [6.45, 7) is 5.36. The maximum Gasteiger partial charge on any atom is 0.408 e. The average molecular weight is 173 g/mol. The van der Waals surface area contributed by atoms with Gasteiger partial charge >= 0.3 is 6.09 Å². The monoisotopic (exact) mass is 173 g/mol. The SMILES string of the molecule is CC(N)=NCNC(=O)OC(C)C. The van der Waals surface area contributed by atoms with Gasteiger partial charge in [-0.3, -0.25) is 4.99 Å². The number of amides is 1. The van der Waals surface area contributed by atoms with E-state index in [1.54, 1.807) is 20.8 Å². The molecule has 0 aliphatic heterocycles. The highest BCUT2D eigenvalue weighted by atomic mass is 16.6. The molecule has 0 saturated carbocycles. The Morgan fingerprint density at radius 2 is 2.25 bits per heavy atom. The largest absolute Gasteiger partial charge is 0.447 e. The molecule has 0 aromatic rings. The standard InChI is InChI=1S/C7H15N3O2/c1-5(2)12-7(11)10-4-9-6(3)8/h5H,4H2,1-3H3,(H2,8,9)(H,10,11). The van der Waals surface area contributed by atoms with Gasteiger partial charge in [-0.1, -0.05) is 0 Å². The first-order chi connectivity index (χ1) is 5.52. The molecule has 0 spiro atoms. The number of nitrogens with one attached hydrogen (secondary N) is 1. The molecular weight excluding hydrogens is 158 g/mol. The third-order valence-electron chi connectivity index (χ3n) is 0.895. The van der Waals surface area contributed by atoms with Crippen molar-refractivity contribution >= 4 is 11.9 Å². The fourth-order valence-corrected chi connectivity index (χ4v) is 0.485. The Morgan fingerprint density at radius 1 is 1.67 bits per heavy atom. The van der Waals surface area contributed by atoms with E-state index in [1.807, 2.05) is 0 Å². The van der Waals surface area contributed by atoms with Gasteiger partial charge in [0.05, 0.1) is 11.9 Å². The summed E-state index contributed by atoms with van der Waals surface area (Å²) in [7, 11) is 0. The number of amidine groups is 1. The molecule has 3 N–H and O–H groups in total. The van der Waals surface area contributed by atoms with Crippen LogP contribution in [0.15, 0.2) is 4.99 Å². The van der Waals surface area contributed by atoms with Crippen LogP contribution in [0.1, 0.15) is 20.8 Å². The van der Waals surface area contributed by atoms with Crippen molar-refractivity contribution in [2.24, 2.45) is 10.7 Å². The number of nitrogens with two attached hydrogens (primary N) is 1. The molecule has 0 unspecified atom stereocenters. The Labute approximate surface area is 72.0 Å². The summed E-state index contributed by atoms with van der Waals surface area (Å²) >= 11 is 0. The summed E-state index contributed by atoms with van der Waals surface area (Å²) in [4.78, 5) is 14.5. The Kier molecular flexibility index (Phi) is 4.83. The lowest BCUT2D eigenvalue weighted by Crippen LogP contribution is -2.27. The van der Waals surface area contributed by atoms with Crippen LogP contribution in [-0.2, 0) is 4.74 Å². The molecule has 0 aromatic heterocycles. The fourth-order valence-electron chi connectivity index (χ4n) is 0.485. The highest BCUT2D eigenvalue weighted by Gasteiger charge is 2.01. The molecule has 12 heavy (non-hydrogen) atoms. The van der Waals surface area contributed by atoms with Crippen molar-refractivity contribution in [1.82, 2.24) is 5.32 Å². The number of carbonyl (C=O) groups excluding carboxylic acids is 1. The number of carbonyl (C=O) groups is 1. The van der Waals surface area contributed by atoms with Crippen molar-refractivity contribution in [3.63, 3.8) is 0 Å². The van der Waals surface area contributed by atoms with Crippen LogP contribution in [-0.4, -0.2) is 24.7 Å². The van der Waals surface area contributed by atoms with E-state index in [-0.39, 0.29) is 12.8 Å². The van der Waals surface area contributed by atoms with Gasteiger partial charge in [-0.15, -0.1) is 0 Å². The van der Waals surface area contributed by atoms with Gasteiger partial charge in [0.15, 0.2) is 0 Å². The minimum atomic E-state index is -0.477. The number of rotatable bonds is 3. The molecule has 70 valence electrons. The fraction of sp³-hybridized carbons (Fsp3) is 0.714. The number of aliphatic imine (C=N–C) groups is 1. The lowest BCUT2D eigenvalue weighted by atomic mass is 10.5. The summed E-state index contributed by atoms with van der Waals surface area (Å²) < 4.78 is 4.77. The molecule has 0 heterocycles. The highest BCUT2D eigenvalue weighted by Crippen LogP contribution is 1.87.